The van der Waals surface area contributed by atoms with Crippen molar-refractivity contribution in [3.05, 3.63) is 29.8 Å². The van der Waals surface area contributed by atoms with Gasteiger partial charge in [-0.1, -0.05) is 45.4 Å². The lowest BCUT2D eigenvalue weighted by atomic mass is 9.92. The Labute approximate surface area is 87.3 Å². The number of nitrogen functional groups attached to an aromatic ring is 1. The largest absolute Gasteiger partial charge is 0.398 e. The van der Waals surface area contributed by atoms with Crippen molar-refractivity contribution in [3.63, 3.8) is 0 Å². The zero-order chi connectivity index (χ0) is 10.6. The van der Waals surface area contributed by atoms with Crippen molar-refractivity contribution in [3.8, 4) is 0 Å². The fourth-order valence-corrected chi connectivity index (χ4v) is 1.70. The van der Waals surface area contributed by atoms with Crippen LogP contribution in [0.2, 0.25) is 0 Å². The van der Waals surface area contributed by atoms with Crippen LogP contribution in [0.15, 0.2) is 24.3 Å². The highest BCUT2D eigenvalue weighted by molar-refractivity contribution is 5.48. The predicted octanol–water partition coefficient (Wildman–Crippen LogP) is 3.81. The third-order valence-corrected chi connectivity index (χ3v) is 2.70. The van der Waals surface area contributed by atoms with E-state index in [1.54, 1.807) is 0 Å². The summed E-state index contributed by atoms with van der Waals surface area (Å²) in [4.78, 5) is 0. The molecule has 2 N–H and O–H groups in total. The van der Waals surface area contributed by atoms with Gasteiger partial charge in [-0.3, -0.25) is 0 Å². The fraction of sp³-hybridized carbons (Fsp3) is 0.538. The van der Waals surface area contributed by atoms with E-state index in [0.717, 1.165) is 11.6 Å². The van der Waals surface area contributed by atoms with E-state index >= 15 is 0 Å². The van der Waals surface area contributed by atoms with E-state index in [9.17, 15) is 0 Å². The Balaban J connectivity index is 2.60. The Morgan fingerprint density at radius 2 is 1.71 bits per heavy atom. The van der Waals surface area contributed by atoms with Crippen LogP contribution in [0, 0.1) is 5.92 Å². The topological polar surface area (TPSA) is 26.0 Å². The van der Waals surface area contributed by atoms with Gasteiger partial charge in [0.25, 0.3) is 0 Å². The molecule has 0 amide bonds. The predicted molar refractivity (Wildman–Crippen MR) is 63.3 cm³/mol. The van der Waals surface area contributed by atoms with Crippen LogP contribution in [0.3, 0.4) is 0 Å². The molecule has 0 spiro atoms. The molecule has 1 aromatic rings. The maximum absolute atomic E-state index is 5.93. The second-order valence-corrected chi connectivity index (χ2v) is 4.50. The molecule has 0 aliphatic heterocycles. The number of hydrogen-bond acceptors (Lipinski definition) is 1. The molecule has 0 fully saturated rings. The molecule has 1 heteroatoms. The van der Waals surface area contributed by atoms with Gasteiger partial charge in [-0.15, -0.1) is 0 Å². The van der Waals surface area contributed by atoms with Gasteiger partial charge in [-0.25, -0.2) is 0 Å². The molecule has 78 valence electrons. The molecule has 1 unspecified atom stereocenters. The van der Waals surface area contributed by atoms with E-state index in [0.29, 0.717) is 5.92 Å². The molecule has 1 aromatic carbocycles. The van der Waals surface area contributed by atoms with E-state index in [1.165, 1.54) is 18.4 Å². The minimum absolute atomic E-state index is 0.582. The molecule has 0 aliphatic carbocycles. The average Bonchev–Trinajstić information content (AvgIpc) is 2.15. The summed E-state index contributed by atoms with van der Waals surface area (Å²) in [5, 5.41) is 0. The number of benzene rings is 1. The first kappa shape index (κ1) is 11.1. The number of rotatable bonds is 4. The molecule has 0 saturated heterocycles. The van der Waals surface area contributed by atoms with Crippen LogP contribution < -0.4 is 5.73 Å². The van der Waals surface area contributed by atoms with E-state index in [1.807, 2.05) is 12.1 Å². The Kier molecular flexibility index (Phi) is 3.99. The van der Waals surface area contributed by atoms with Crippen molar-refractivity contribution in [2.75, 3.05) is 5.73 Å². The normalized spacial score (nSPS) is 13.1. The first-order valence-corrected chi connectivity index (χ1v) is 5.45. The minimum atomic E-state index is 0.582. The molecular weight excluding hydrogens is 170 g/mol. The highest BCUT2D eigenvalue weighted by atomic mass is 14.6. The van der Waals surface area contributed by atoms with Crippen LogP contribution in [0.1, 0.15) is 45.1 Å². The summed E-state index contributed by atoms with van der Waals surface area (Å²) in [5.41, 5.74) is 8.16. The van der Waals surface area contributed by atoms with Crippen LogP contribution in [-0.2, 0) is 0 Å². The number of nitrogens with two attached hydrogens (primary N) is 1. The average molecular weight is 191 g/mol. The van der Waals surface area contributed by atoms with Crippen molar-refractivity contribution < 1.29 is 0 Å². The minimum Gasteiger partial charge on any atom is -0.398 e. The third kappa shape index (κ3) is 3.06. The SMILES string of the molecule is CC(C)CCC(C)c1ccccc1N. The van der Waals surface area contributed by atoms with Gasteiger partial charge < -0.3 is 5.73 Å². The molecule has 14 heavy (non-hydrogen) atoms. The highest BCUT2D eigenvalue weighted by Crippen LogP contribution is 2.26. The highest BCUT2D eigenvalue weighted by Gasteiger charge is 2.08. The van der Waals surface area contributed by atoms with Gasteiger partial charge in [0.05, 0.1) is 0 Å². The van der Waals surface area contributed by atoms with Crippen molar-refractivity contribution in [2.45, 2.75) is 39.5 Å². The first-order valence-electron chi connectivity index (χ1n) is 5.45. The molecular formula is C13H21N. The molecule has 0 heterocycles. The molecule has 0 aromatic heterocycles. The molecule has 1 nitrogen and oxygen atoms in total. The van der Waals surface area contributed by atoms with Crippen molar-refractivity contribution in [2.24, 2.45) is 5.92 Å². The van der Waals surface area contributed by atoms with Crippen molar-refractivity contribution in [1.29, 1.82) is 0 Å². The van der Waals surface area contributed by atoms with E-state index in [4.69, 9.17) is 5.73 Å². The maximum Gasteiger partial charge on any atom is 0.0349 e. The van der Waals surface area contributed by atoms with Crippen LogP contribution in [0.25, 0.3) is 0 Å². The lowest BCUT2D eigenvalue weighted by Gasteiger charge is -2.15. The molecule has 0 saturated carbocycles. The summed E-state index contributed by atoms with van der Waals surface area (Å²) in [7, 11) is 0. The first-order chi connectivity index (χ1) is 6.61. The van der Waals surface area contributed by atoms with Gasteiger partial charge in [0.15, 0.2) is 0 Å². The summed E-state index contributed by atoms with van der Waals surface area (Å²) < 4.78 is 0. The lowest BCUT2D eigenvalue weighted by molar-refractivity contribution is 0.517. The molecule has 1 atom stereocenters. The Morgan fingerprint density at radius 3 is 2.29 bits per heavy atom. The Hall–Kier alpha value is -0.980. The zero-order valence-corrected chi connectivity index (χ0v) is 9.46. The van der Waals surface area contributed by atoms with E-state index in [-0.39, 0.29) is 0 Å². The Morgan fingerprint density at radius 1 is 1.07 bits per heavy atom. The number of para-hydroxylation sites is 1. The van der Waals surface area contributed by atoms with Crippen LogP contribution in [0.4, 0.5) is 5.69 Å². The standard InChI is InChI=1S/C13H21N/c1-10(2)8-9-11(3)12-6-4-5-7-13(12)14/h4-7,10-11H,8-9,14H2,1-3H3. The van der Waals surface area contributed by atoms with Gasteiger partial charge in [-0.05, 0) is 29.9 Å². The van der Waals surface area contributed by atoms with Gasteiger partial charge >= 0.3 is 0 Å². The monoisotopic (exact) mass is 191 g/mol. The summed E-state index contributed by atoms with van der Waals surface area (Å²) in [6, 6.07) is 8.19. The van der Waals surface area contributed by atoms with Crippen LogP contribution in [0.5, 0.6) is 0 Å². The van der Waals surface area contributed by atoms with Gasteiger partial charge in [0.1, 0.15) is 0 Å². The van der Waals surface area contributed by atoms with E-state index in [2.05, 4.69) is 32.9 Å². The van der Waals surface area contributed by atoms with Gasteiger partial charge in [0, 0.05) is 5.69 Å². The second-order valence-electron chi connectivity index (χ2n) is 4.50. The number of anilines is 1. The molecule has 0 bridgehead atoms. The van der Waals surface area contributed by atoms with Gasteiger partial charge in [0.2, 0.25) is 0 Å². The number of hydrogen-bond donors (Lipinski definition) is 1. The third-order valence-electron chi connectivity index (χ3n) is 2.70. The summed E-state index contributed by atoms with van der Waals surface area (Å²) >= 11 is 0. The van der Waals surface area contributed by atoms with Crippen molar-refractivity contribution >= 4 is 5.69 Å². The van der Waals surface area contributed by atoms with Crippen LogP contribution in [-0.4, -0.2) is 0 Å². The zero-order valence-electron chi connectivity index (χ0n) is 9.46. The summed E-state index contributed by atoms with van der Waals surface area (Å²) in [6.45, 7) is 6.79. The quantitative estimate of drug-likeness (QED) is 0.719. The summed E-state index contributed by atoms with van der Waals surface area (Å²) in [5.74, 6) is 1.36. The summed E-state index contributed by atoms with van der Waals surface area (Å²) in [6.07, 6.45) is 2.50. The van der Waals surface area contributed by atoms with Gasteiger partial charge in [-0.2, -0.15) is 0 Å². The Bertz CT molecular complexity index is 278. The smallest absolute Gasteiger partial charge is 0.0349 e. The fourth-order valence-electron chi connectivity index (χ4n) is 1.70. The maximum atomic E-state index is 5.93. The molecule has 1 rings (SSSR count). The molecule has 0 aliphatic rings. The second kappa shape index (κ2) is 5.04. The lowest BCUT2D eigenvalue weighted by Crippen LogP contribution is -2.00. The van der Waals surface area contributed by atoms with E-state index < -0.39 is 0 Å². The molecule has 0 radical (unpaired) electrons. The van der Waals surface area contributed by atoms with Crippen LogP contribution >= 0.6 is 0 Å². The van der Waals surface area contributed by atoms with Crippen molar-refractivity contribution in [1.82, 2.24) is 0 Å².